The van der Waals surface area contributed by atoms with Crippen LogP contribution in [-0.2, 0) is 4.79 Å². The van der Waals surface area contributed by atoms with Crippen LogP contribution in [0.1, 0.15) is 44.7 Å². The van der Waals surface area contributed by atoms with E-state index in [0.29, 0.717) is 0 Å². The molecule has 1 amide bonds. The van der Waals surface area contributed by atoms with Crippen molar-refractivity contribution < 1.29 is 9.18 Å². The number of nitrogens with zero attached hydrogens (tertiary/aromatic N) is 2. The minimum Gasteiger partial charge on any atom is -0.328 e. The number of anilines is 1. The molecule has 0 aliphatic heterocycles. The molecule has 2 unspecified atom stereocenters. The van der Waals surface area contributed by atoms with Crippen LogP contribution in [0.4, 0.5) is 10.1 Å². The Labute approximate surface area is 194 Å². The van der Waals surface area contributed by atoms with Crippen LogP contribution in [0.25, 0.3) is 22.4 Å². The van der Waals surface area contributed by atoms with E-state index < -0.39 is 0 Å². The molecule has 31 heavy (non-hydrogen) atoms. The SMILES string of the molecule is Cc1cc(-c2nc3ccc(F)cc3n2C(C)C)ccc1NC(=O)C1CCC(N)C1.Cl.Cl. The van der Waals surface area contributed by atoms with Crippen LogP contribution in [-0.4, -0.2) is 21.5 Å². The molecule has 1 fully saturated rings. The topological polar surface area (TPSA) is 72.9 Å². The van der Waals surface area contributed by atoms with Gasteiger partial charge >= 0.3 is 0 Å². The Balaban J connectivity index is 0.00000171. The number of rotatable bonds is 4. The van der Waals surface area contributed by atoms with Crippen molar-refractivity contribution in [2.75, 3.05) is 5.32 Å². The Morgan fingerprint density at radius 2 is 1.94 bits per heavy atom. The Kier molecular flexibility index (Phi) is 8.09. The van der Waals surface area contributed by atoms with Gasteiger partial charge in [-0.1, -0.05) is 0 Å². The fourth-order valence-corrected chi connectivity index (χ4v) is 4.22. The van der Waals surface area contributed by atoms with Crippen molar-refractivity contribution in [3.8, 4) is 11.4 Å². The molecule has 0 bridgehead atoms. The monoisotopic (exact) mass is 466 g/mol. The number of nitrogens with one attached hydrogen (secondary N) is 1. The van der Waals surface area contributed by atoms with Gasteiger partial charge in [0.15, 0.2) is 0 Å². The second-order valence-corrected chi connectivity index (χ2v) is 8.32. The largest absolute Gasteiger partial charge is 0.328 e. The average molecular weight is 467 g/mol. The highest BCUT2D eigenvalue weighted by Gasteiger charge is 2.28. The first kappa shape index (κ1) is 25.1. The van der Waals surface area contributed by atoms with Crippen molar-refractivity contribution in [3.05, 3.63) is 47.8 Å². The second kappa shape index (κ2) is 9.98. The van der Waals surface area contributed by atoms with Gasteiger partial charge < -0.3 is 15.6 Å². The number of aryl methyl sites for hydroxylation is 1. The summed E-state index contributed by atoms with van der Waals surface area (Å²) in [5.41, 5.74) is 10.2. The lowest BCUT2D eigenvalue weighted by atomic mass is 10.1. The van der Waals surface area contributed by atoms with E-state index >= 15 is 0 Å². The number of benzene rings is 2. The predicted molar refractivity (Wildman–Crippen MR) is 129 cm³/mol. The third-order valence-electron chi connectivity index (χ3n) is 5.75. The standard InChI is InChI=1S/C23H27FN4O.2ClH/c1-13(2)28-21-12-17(24)6-9-20(21)26-22(28)15-5-8-19(14(3)10-15)27-23(29)16-4-7-18(25)11-16;;/h5-6,8-10,12-13,16,18H,4,7,11,25H2,1-3H3,(H,27,29);2*1H. The highest BCUT2D eigenvalue weighted by Crippen LogP contribution is 2.32. The number of nitrogens with two attached hydrogens (primary N) is 1. The number of carbonyl (C=O) groups is 1. The molecule has 1 aliphatic rings. The molecule has 1 aromatic heterocycles. The van der Waals surface area contributed by atoms with E-state index in [1.807, 2.05) is 29.7 Å². The van der Waals surface area contributed by atoms with Crippen molar-refractivity contribution in [1.29, 1.82) is 0 Å². The van der Waals surface area contributed by atoms with Crippen LogP contribution in [0.5, 0.6) is 0 Å². The summed E-state index contributed by atoms with van der Waals surface area (Å²) in [6.45, 7) is 6.09. The lowest BCUT2D eigenvalue weighted by molar-refractivity contribution is -0.119. The van der Waals surface area contributed by atoms with Crippen LogP contribution in [0.15, 0.2) is 36.4 Å². The van der Waals surface area contributed by atoms with Gasteiger partial charge in [0.2, 0.25) is 5.91 Å². The van der Waals surface area contributed by atoms with Crippen LogP contribution in [0.2, 0.25) is 0 Å². The van der Waals surface area contributed by atoms with Crippen LogP contribution in [0, 0.1) is 18.7 Å². The predicted octanol–water partition coefficient (Wildman–Crippen LogP) is 5.64. The minimum absolute atomic E-state index is 0. The molecule has 0 saturated heterocycles. The van der Waals surface area contributed by atoms with E-state index in [1.54, 1.807) is 6.07 Å². The quantitative estimate of drug-likeness (QED) is 0.522. The smallest absolute Gasteiger partial charge is 0.227 e. The van der Waals surface area contributed by atoms with Crippen molar-refractivity contribution in [2.24, 2.45) is 11.7 Å². The number of amides is 1. The van der Waals surface area contributed by atoms with E-state index in [2.05, 4.69) is 19.2 Å². The van der Waals surface area contributed by atoms with Crippen molar-refractivity contribution in [3.63, 3.8) is 0 Å². The highest BCUT2D eigenvalue weighted by atomic mass is 35.5. The Bertz CT molecular complexity index is 1080. The maximum absolute atomic E-state index is 13.8. The summed E-state index contributed by atoms with van der Waals surface area (Å²) >= 11 is 0. The number of carbonyl (C=O) groups excluding carboxylic acids is 1. The zero-order chi connectivity index (χ0) is 20.7. The minimum atomic E-state index is -0.272. The summed E-state index contributed by atoms with van der Waals surface area (Å²) in [6.07, 6.45) is 2.50. The van der Waals surface area contributed by atoms with Gasteiger partial charge in [-0.25, -0.2) is 9.37 Å². The molecule has 168 valence electrons. The third-order valence-corrected chi connectivity index (χ3v) is 5.75. The molecule has 1 aliphatic carbocycles. The number of fused-ring (bicyclic) bond motifs is 1. The normalized spacial score (nSPS) is 18.0. The lowest BCUT2D eigenvalue weighted by Gasteiger charge is -2.16. The fraction of sp³-hybridized carbons (Fsp3) is 0.391. The first-order valence-electron chi connectivity index (χ1n) is 10.2. The molecular formula is C23H29Cl2FN4O. The summed E-state index contributed by atoms with van der Waals surface area (Å²) in [7, 11) is 0. The van der Waals surface area contributed by atoms with Crippen molar-refractivity contribution in [2.45, 2.75) is 52.1 Å². The van der Waals surface area contributed by atoms with Gasteiger partial charge in [-0.05, 0) is 82.0 Å². The maximum atomic E-state index is 13.8. The van der Waals surface area contributed by atoms with Crippen molar-refractivity contribution in [1.82, 2.24) is 9.55 Å². The fourth-order valence-electron chi connectivity index (χ4n) is 4.22. The molecule has 4 rings (SSSR count). The number of imidazole rings is 1. The van der Waals surface area contributed by atoms with E-state index in [4.69, 9.17) is 10.7 Å². The molecule has 1 heterocycles. The number of hydrogen-bond donors (Lipinski definition) is 2. The van der Waals surface area contributed by atoms with Crippen LogP contribution < -0.4 is 11.1 Å². The number of aromatic nitrogens is 2. The van der Waals surface area contributed by atoms with Gasteiger partial charge in [-0.15, -0.1) is 24.8 Å². The van der Waals surface area contributed by atoms with Gasteiger partial charge in [0.05, 0.1) is 11.0 Å². The summed E-state index contributed by atoms with van der Waals surface area (Å²) < 4.78 is 15.8. The summed E-state index contributed by atoms with van der Waals surface area (Å²) in [6, 6.07) is 10.8. The van der Waals surface area contributed by atoms with Gasteiger partial charge in [0, 0.05) is 29.3 Å². The zero-order valence-electron chi connectivity index (χ0n) is 17.9. The zero-order valence-corrected chi connectivity index (χ0v) is 19.5. The van der Waals surface area contributed by atoms with E-state index in [1.165, 1.54) is 12.1 Å². The molecule has 2 atom stereocenters. The molecule has 1 saturated carbocycles. The second-order valence-electron chi connectivity index (χ2n) is 8.32. The first-order valence-corrected chi connectivity index (χ1v) is 10.2. The highest BCUT2D eigenvalue weighted by molar-refractivity contribution is 5.94. The summed E-state index contributed by atoms with van der Waals surface area (Å²) in [4.78, 5) is 17.3. The average Bonchev–Trinajstić information content (AvgIpc) is 3.26. The summed E-state index contributed by atoms with van der Waals surface area (Å²) in [5, 5.41) is 3.05. The Morgan fingerprint density at radius 3 is 2.55 bits per heavy atom. The van der Waals surface area contributed by atoms with Crippen LogP contribution in [0.3, 0.4) is 0 Å². The molecule has 3 N–H and O–H groups in total. The van der Waals surface area contributed by atoms with E-state index in [0.717, 1.165) is 52.9 Å². The summed E-state index contributed by atoms with van der Waals surface area (Å²) in [5.74, 6) is 0.554. The van der Waals surface area contributed by atoms with E-state index in [-0.39, 0.29) is 54.5 Å². The van der Waals surface area contributed by atoms with E-state index in [9.17, 15) is 9.18 Å². The van der Waals surface area contributed by atoms with Gasteiger partial charge in [-0.3, -0.25) is 4.79 Å². The van der Waals surface area contributed by atoms with Gasteiger partial charge in [-0.2, -0.15) is 0 Å². The molecular weight excluding hydrogens is 438 g/mol. The van der Waals surface area contributed by atoms with Crippen LogP contribution >= 0.6 is 24.8 Å². The molecule has 5 nitrogen and oxygen atoms in total. The number of halogens is 3. The molecule has 2 aromatic carbocycles. The lowest BCUT2D eigenvalue weighted by Crippen LogP contribution is -2.23. The van der Waals surface area contributed by atoms with Crippen molar-refractivity contribution >= 4 is 47.4 Å². The maximum Gasteiger partial charge on any atom is 0.227 e. The first-order chi connectivity index (χ1) is 13.8. The Morgan fingerprint density at radius 1 is 1.19 bits per heavy atom. The Hall–Kier alpha value is -2.15. The van der Waals surface area contributed by atoms with Gasteiger partial charge in [0.25, 0.3) is 0 Å². The molecule has 3 aromatic rings. The van der Waals surface area contributed by atoms with Gasteiger partial charge in [0.1, 0.15) is 11.6 Å². The molecule has 8 heteroatoms. The molecule has 0 radical (unpaired) electrons. The molecule has 0 spiro atoms. The third kappa shape index (κ3) is 5.03. The number of hydrogen-bond acceptors (Lipinski definition) is 3.